The van der Waals surface area contributed by atoms with Crippen LogP contribution in [0.4, 0.5) is 0 Å². The summed E-state index contributed by atoms with van der Waals surface area (Å²) in [6, 6.07) is 19.5. The van der Waals surface area contributed by atoms with Crippen LogP contribution in [0.15, 0.2) is 84.2 Å². The Bertz CT molecular complexity index is 1300. The average molecular weight is 425 g/mol. The molecule has 0 spiro atoms. The largest absolute Gasteiger partial charge is 0.545 e. The van der Waals surface area contributed by atoms with Gasteiger partial charge in [0.15, 0.2) is 0 Å². The number of carbonyl (C=O) groups is 2. The molecule has 0 saturated heterocycles. The van der Waals surface area contributed by atoms with Gasteiger partial charge in [-0.1, -0.05) is 24.3 Å². The lowest BCUT2D eigenvalue weighted by molar-refractivity contribution is -0.255. The van der Waals surface area contributed by atoms with Gasteiger partial charge in [-0.05, 0) is 61.9 Å². The van der Waals surface area contributed by atoms with E-state index in [0.29, 0.717) is 5.56 Å². The third-order valence-corrected chi connectivity index (χ3v) is 5.23. The van der Waals surface area contributed by atoms with Crippen molar-refractivity contribution in [2.75, 3.05) is 0 Å². The van der Waals surface area contributed by atoms with E-state index in [-0.39, 0.29) is 11.5 Å². The molecular weight excluding hydrogens is 404 g/mol. The van der Waals surface area contributed by atoms with Crippen molar-refractivity contribution in [3.63, 3.8) is 0 Å². The number of nitrogens with one attached hydrogen (secondary N) is 1. The van der Waals surface area contributed by atoms with Crippen LogP contribution in [0.3, 0.4) is 0 Å². The van der Waals surface area contributed by atoms with Gasteiger partial charge in [0.25, 0.3) is 5.91 Å². The van der Waals surface area contributed by atoms with Crippen molar-refractivity contribution < 1.29 is 14.7 Å². The van der Waals surface area contributed by atoms with E-state index in [9.17, 15) is 14.7 Å². The molecule has 160 valence electrons. The monoisotopic (exact) mass is 425 g/mol. The van der Waals surface area contributed by atoms with E-state index in [1.165, 1.54) is 12.1 Å². The van der Waals surface area contributed by atoms with Gasteiger partial charge >= 0.3 is 0 Å². The molecule has 1 amide bonds. The Labute approximate surface area is 185 Å². The van der Waals surface area contributed by atoms with E-state index in [0.717, 1.165) is 28.3 Å². The molecule has 2 heterocycles. The molecule has 0 aliphatic rings. The van der Waals surface area contributed by atoms with Gasteiger partial charge in [-0.3, -0.25) is 4.79 Å². The SMILES string of the molecule is Cc1cc(/C=N\NC(=O)c2ccccc2-n2cccc2)c(C)n1-c1ccc(C(=O)[O-])cc1. The van der Waals surface area contributed by atoms with Crippen molar-refractivity contribution in [3.05, 3.63) is 107 Å². The maximum atomic E-state index is 12.7. The van der Waals surface area contributed by atoms with E-state index < -0.39 is 5.97 Å². The maximum Gasteiger partial charge on any atom is 0.273 e. The van der Waals surface area contributed by atoms with Crippen molar-refractivity contribution in [3.8, 4) is 11.4 Å². The number of aromatic nitrogens is 2. The number of benzene rings is 2. The molecule has 0 unspecified atom stereocenters. The number of aromatic carboxylic acids is 1. The van der Waals surface area contributed by atoms with Gasteiger partial charge in [0.1, 0.15) is 0 Å². The highest BCUT2D eigenvalue weighted by atomic mass is 16.4. The molecule has 7 heteroatoms. The van der Waals surface area contributed by atoms with Crippen LogP contribution in [-0.4, -0.2) is 27.2 Å². The van der Waals surface area contributed by atoms with Gasteiger partial charge < -0.3 is 19.0 Å². The predicted octanol–water partition coefficient (Wildman–Crippen LogP) is 3.01. The zero-order valence-corrected chi connectivity index (χ0v) is 17.6. The Kier molecular flexibility index (Phi) is 5.72. The second-order valence-corrected chi connectivity index (χ2v) is 7.30. The summed E-state index contributed by atoms with van der Waals surface area (Å²) >= 11 is 0. The smallest absolute Gasteiger partial charge is 0.273 e. The van der Waals surface area contributed by atoms with Gasteiger partial charge in [0.2, 0.25) is 0 Å². The molecule has 7 nitrogen and oxygen atoms in total. The average Bonchev–Trinajstić information content (AvgIpc) is 3.42. The quantitative estimate of drug-likeness (QED) is 0.380. The molecule has 2 aromatic heterocycles. The number of carboxylic acid groups (broad SMARTS) is 1. The van der Waals surface area contributed by atoms with E-state index in [2.05, 4.69) is 10.5 Å². The lowest BCUT2D eigenvalue weighted by Crippen LogP contribution is -2.22. The van der Waals surface area contributed by atoms with Crippen molar-refractivity contribution in [1.82, 2.24) is 14.6 Å². The number of para-hydroxylation sites is 1. The van der Waals surface area contributed by atoms with Crippen molar-refractivity contribution >= 4 is 18.1 Å². The fraction of sp³-hybridized carbons (Fsp3) is 0.0800. The first-order chi connectivity index (χ1) is 15.5. The summed E-state index contributed by atoms with van der Waals surface area (Å²) in [6.45, 7) is 3.88. The highest BCUT2D eigenvalue weighted by Crippen LogP contribution is 2.20. The Morgan fingerprint density at radius 2 is 1.66 bits per heavy atom. The second-order valence-electron chi connectivity index (χ2n) is 7.30. The number of hydrazone groups is 1. The Morgan fingerprint density at radius 1 is 0.969 bits per heavy atom. The van der Waals surface area contributed by atoms with Crippen LogP contribution in [0.25, 0.3) is 11.4 Å². The number of hydrogen-bond acceptors (Lipinski definition) is 4. The first kappa shape index (κ1) is 20.9. The van der Waals surface area contributed by atoms with Crippen molar-refractivity contribution in [1.29, 1.82) is 0 Å². The Hall–Kier alpha value is -4.39. The van der Waals surface area contributed by atoms with E-state index >= 15 is 0 Å². The third kappa shape index (κ3) is 4.09. The summed E-state index contributed by atoms with van der Waals surface area (Å²) in [6.07, 6.45) is 5.36. The number of hydrogen-bond donors (Lipinski definition) is 1. The van der Waals surface area contributed by atoms with Crippen molar-refractivity contribution in [2.24, 2.45) is 5.10 Å². The molecule has 0 radical (unpaired) electrons. The van der Waals surface area contributed by atoms with Gasteiger partial charge in [-0.25, -0.2) is 5.43 Å². The predicted molar refractivity (Wildman–Crippen MR) is 120 cm³/mol. The molecular formula is C25H21N4O3-. The molecule has 0 atom stereocenters. The molecule has 0 aliphatic carbocycles. The minimum absolute atomic E-state index is 0.126. The lowest BCUT2D eigenvalue weighted by atomic mass is 10.1. The number of amides is 1. The van der Waals surface area contributed by atoms with Crippen LogP contribution < -0.4 is 10.5 Å². The first-order valence-electron chi connectivity index (χ1n) is 10.0. The van der Waals surface area contributed by atoms with Crippen LogP contribution in [0.5, 0.6) is 0 Å². The van der Waals surface area contributed by atoms with Gasteiger partial charge in [-0.2, -0.15) is 5.10 Å². The normalized spacial score (nSPS) is 11.1. The zero-order valence-electron chi connectivity index (χ0n) is 17.6. The zero-order chi connectivity index (χ0) is 22.7. The number of nitrogens with zero attached hydrogens (tertiary/aromatic N) is 3. The minimum atomic E-state index is -1.21. The maximum absolute atomic E-state index is 12.7. The summed E-state index contributed by atoms with van der Waals surface area (Å²) < 4.78 is 3.86. The van der Waals surface area contributed by atoms with E-state index in [4.69, 9.17) is 0 Å². The fourth-order valence-corrected chi connectivity index (χ4v) is 3.67. The van der Waals surface area contributed by atoms with Crippen LogP contribution in [0.1, 0.15) is 37.7 Å². The van der Waals surface area contributed by atoms with Crippen LogP contribution >= 0.6 is 0 Å². The fourth-order valence-electron chi connectivity index (χ4n) is 3.67. The van der Waals surface area contributed by atoms with Gasteiger partial charge in [0, 0.05) is 35.0 Å². The molecule has 4 aromatic rings. The Balaban J connectivity index is 1.53. The first-order valence-corrected chi connectivity index (χ1v) is 10.0. The van der Waals surface area contributed by atoms with Crippen LogP contribution in [0.2, 0.25) is 0 Å². The molecule has 1 N–H and O–H groups in total. The lowest BCUT2D eigenvalue weighted by Gasteiger charge is -2.11. The summed E-state index contributed by atoms with van der Waals surface area (Å²) in [5, 5.41) is 15.1. The summed E-state index contributed by atoms with van der Waals surface area (Å²) in [4.78, 5) is 23.7. The van der Waals surface area contributed by atoms with Crippen LogP contribution in [-0.2, 0) is 0 Å². The van der Waals surface area contributed by atoms with Gasteiger partial charge in [-0.15, -0.1) is 0 Å². The standard InChI is InChI=1S/C25H22N4O3/c1-17-15-20(18(2)29(17)21-11-9-19(10-12-21)25(31)32)16-26-27-24(30)22-7-3-4-8-23(22)28-13-5-6-14-28/h3-16H,1-2H3,(H,27,30)(H,31,32)/p-1/b26-16-. The van der Waals surface area contributed by atoms with Crippen molar-refractivity contribution in [2.45, 2.75) is 13.8 Å². The molecule has 0 saturated carbocycles. The highest BCUT2D eigenvalue weighted by Gasteiger charge is 2.12. The molecule has 0 fully saturated rings. The molecule has 0 bridgehead atoms. The number of aryl methyl sites for hydroxylation is 1. The van der Waals surface area contributed by atoms with E-state index in [1.54, 1.807) is 24.4 Å². The number of carbonyl (C=O) groups excluding carboxylic acids is 2. The number of rotatable bonds is 6. The third-order valence-electron chi connectivity index (χ3n) is 5.23. The summed E-state index contributed by atoms with van der Waals surface area (Å²) in [5.41, 5.74) is 7.54. The number of carboxylic acids is 1. The minimum Gasteiger partial charge on any atom is -0.545 e. The second kappa shape index (κ2) is 8.77. The Morgan fingerprint density at radius 3 is 2.34 bits per heavy atom. The molecule has 4 rings (SSSR count). The van der Waals surface area contributed by atoms with E-state index in [1.807, 2.05) is 71.8 Å². The topological polar surface area (TPSA) is 91.5 Å². The highest BCUT2D eigenvalue weighted by molar-refractivity contribution is 5.98. The van der Waals surface area contributed by atoms with Gasteiger partial charge in [0.05, 0.1) is 23.4 Å². The molecule has 0 aliphatic heterocycles. The molecule has 2 aromatic carbocycles. The summed E-state index contributed by atoms with van der Waals surface area (Å²) in [5.74, 6) is -1.52. The van der Waals surface area contributed by atoms with Crippen LogP contribution in [0, 0.1) is 13.8 Å². The summed E-state index contributed by atoms with van der Waals surface area (Å²) in [7, 11) is 0. The molecule has 32 heavy (non-hydrogen) atoms.